The summed E-state index contributed by atoms with van der Waals surface area (Å²) in [4.78, 5) is 2.30. The fourth-order valence-corrected chi connectivity index (χ4v) is 6.41. The molecule has 0 amide bonds. The SMILES string of the molecule is Cc1c(O)ccc2c1CCCC(C1=CCC(C(C)(C)C)C=C1)=C2c1ccc(O[C@H]2CCN(CCCF)C2)cc1. The van der Waals surface area contributed by atoms with Crippen molar-refractivity contribution in [1.29, 1.82) is 0 Å². The van der Waals surface area contributed by atoms with E-state index in [0.29, 0.717) is 18.1 Å². The monoisotopic (exact) mass is 529 g/mol. The van der Waals surface area contributed by atoms with Gasteiger partial charge in [-0.15, -0.1) is 0 Å². The number of ether oxygens (including phenoxy) is 1. The zero-order valence-corrected chi connectivity index (χ0v) is 24.1. The number of alkyl halides is 1. The molecular formula is C35H44FNO2. The highest BCUT2D eigenvalue weighted by Gasteiger charge is 2.27. The fraction of sp³-hybridized carbons (Fsp3) is 0.486. The lowest BCUT2D eigenvalue weighted by molar-refractivity contribution is 0.198. The van der Waals surface area contributed by atoms with Crippen LogP contribution in [0.25, 0.3) is 5.57 Å². The first-order valence-corrected chi connectivity index (χ1v) is 14.7. The average molecular weight is 530 g/mol. The third-order valence-electron chi connectivity index (χ3n) is 8.84. The van der Waals surface area contributed by atoms with Crippen LogP contribution in [0, 0.1) is 18.3 Å². The molecule has 3 nitrogen and oxygen atoms in total. The second-order valence-corrected chi connectivity index (χ2v) is 12.6. The van der Waals surface area contributed by atoms with E-state index in [2.05, 4.69) is 74.2 Å². The fourth-order valence-electron chi connectivity index (χ4n) is 6.41. The number of rotatable bonds is 7. The third kappa shape index (κ3) is 6.17. The Kier molecular flexibility index (Phi) is 8.32. The van der Waals surface area contributed by atoms with Crippen LogP contribution in [0.5, 0.6) is 11.5 Å². The van der Waals surface area contributed by atoms with E-state index in [-0.39, 0.29) is 18.2 Å². The summed E-state index contributed by atoms with van der Waals surface area (Å²) < 4.78 is 18.9. The van der Waals surface area contributed by atoms with Crippen molar-refractivity contribution >= 4 is 5.57 Å². The van der Waals surface area contributed by atoms with Crippen LogP contribution in [0.2, 0.25) is 0 Å². The van der Waals surface area contributed by atoms with Crippen molar-refractivity contribution < 1.29 is 14.2 Å². The average Bonchev–Trinajstić information content (AvgIpc) is 3.27. The third-order valence-corrected chi connectivity index (χ3v) is 8.84. The smallest absolute Gasteiger partial charge is 0.119 e. The van der Waals surface area contributed by atoms with Crippen LogP contribution in [0.3, 0.4) is 0 Å². The lowest BCUT2D eigenvalue weighted by Gasteiger charge is -2.30. The number of allylic oxidation sites excluding steroid dienone is 5. The molecule has 1 aliphatic heterocycles. The Morgan fingerprint density at radius 2 is 1.87 bits per heavy atom. The van der Waals surface area contributed by atoms with Gasteiger partial charge in [0.1, 0.15) is 17.6 Å². The number of fused-ring (bicyclic) bond motifs is 1. The maximum Gasteiger partial charge on any atom is 0.119 e. The molecule has 1 unspecified atom stereocenters. The van der Waals surface area contributed by atoms with Gasteiger partial charge in [-0.25, -0.2) is 0 Å². The molecular weight excluding hydrogens is 485 g/mol. The van der Waals surface area contributed by atoms with Crippen LogP contribution in [0.1, 0.15) is 75.1 Å². The summed E-state index contributed by atoms with van der Waals surface area (Å²) in [5, 5.41) is 10.5. The van der Waals surface area contributed by atoms with Gasteiger partial charge in [0, 0.05) is 19.6 Å². The minimum atomic E-state index is -0.256. The molecule has 2 aromatic rings. The van der Waals surface area contributed by atoms with E-state index in [1.807, 2.05) is 13.0 Å². The number of hydrogen-bond acceptors (Lipinski definition) is 3. The van der Waals surface area contributed by atoms with Gasteiger partial charge in [-0.3, -0.25) is 9.29 Å². The van der Waals surface area contributed by atoms with E-state index in [1.54, 1.807) is 0 Å². The highest BCUT2D eigenvalue weighted by Crippen LogP contribution is 2.43. The van der Waals surface area contributed by atoms with Gasteiger partial charge < -0.3 is 9.84 Å². The summed E-state index contributed by atoms with van der Waals surface area (Å²) in [6.45, 7) is 11.4. The van der Waals surface area contributed by atoms with E-state index in [0.717, 1.165) is 63.1 Å². The van der Waals surface area contributed by atoms with Crippen molar-refractivity contribution in [2.75, 3.05) is 26.3 Å². The van der Waals surface area contributed by atoms with Crippen LogP contribution in [-0.4, -0.2) is 42.4 Å². The number of benzene rings is 2. The second-order valence-electron chi connectivity index (χ2n) is 12.6. The molecule has 4 heteroatoms. The molecule has 1 fully saturated rings. The quantitative estimate of drug-likeness (QED) is 0.392. The first kappa shape index (κ1) is 27.7. The zero-order chi connectivity index (χ0) is 27.6. The lowest BCUT2D eigenvalue weighted by Crippen LogP contribution is -2.26. The molecule has 208 valence electrons. The van der Waals surface area contributed by atoms with Crippen LogP contribution >= 0.6 is 0 Å². The summed E-state index contributed by atoms with van der Waals surface area (Å²) in [5.74, 6) is 1.81. The molecule has 39 heavy (non-hydrogen) atoms. The molecule has 3 aliphatic rings. The largest absolute Gasteiger partial charge is 0.508 e. The molecule has 2 atom stereocenters. The van der Waals surface area contributed by atoms with Crippen molar-refractivity contribution in [3.8, 4) is 11.5 Å². The molecule has 0 bridgehead atoms. The molecule has 0 aromatic heterocycles. The molecule has 1 N–H and O–H groups in total. The lowest BCUT2D eigenvalue weighted by atomic mass is 9.75. The van der Waals surface area contributed by atoms with Gasteiger partial charge in [0.15, 0.2) is 0 Å². The van der Waals surface area contributed by atoms with Crippen LogP contribution in [0.4, 0.5) is 4.39 Å². The number of nitrogens with zero attached hydrogens (tertiary/aromatic N) is 1. The summed E-state index contributed by atoms with van der Waals surface area (Å²) >= 11 is 0. The maximum absolute atomic E-state index is 12.6. The normalized spacial score (nSPS) is 22.0. The highest BCUT2D eigenvalue weighted by atomic mass is 19.1. The van der Waals surface area contributed by atoms with Crippen LogP contribution in [-0.2, 0) is 6.42 Å². The van der Waals surface area contributed by atoms with Gasteiger partial charge in [-0.05, 0) is 114 Å². The maximum atomic E-state index is 12.6. The molecule has 2 aliphatic carbocycles. The second kappa shape index (κ2) is 11.7. The summed E-state index contributed by atoms with van der Waals surface area (Å²) in [5.41, 5.74) is 8.93. The molecule has 0 spiro atoms. The van der Waals surface area contributed by atoms with Crippen molar-refractivity contribution in [2.24, 2.45) is 11.3 Å². The molecule has 1 heterocycles. The zero-order valence-electron chi connectivity index (χ0n) is 24.1. The van der Waals surface area contributed by atoms with Gasteiger partial charge in [0.25, 0.3) is 0 Å². The Bertz CT molecular complexity index is 1260. The number of phenolic OH excluding ortho intramolecular Hbond substituents is 1. The van der Waals surface area contributed by atoms with Crippen LogP contribution < -0.4 is 4.74 Å². The number of aromatic hydroxyl groups is 1. The Hall–Kier alpha value is -2.85. The number of halogens is 1. The molecule has 0 radical (unpaired) electrons. The van der Waals surface area contributed by atoms with Crippen molar-refractivity contribution in [3.05, 3.63) is 88.0 Å². The Labute approximate surface area is 234 Å². The highest BCUT2D eigenvalue weighted by molar-refractivity contribution is 5.88. The van der Waals surface area contributed by atoms with E-state index in [9.17, 15) is 9.50 Å². The van der Waals surface area contributed by atoms with Gasteiger partial charge in [0.2, 0.25) is 0 Å². The van der Waals surface area contributed by atoms with Crippen molar-refractivity contribution in [2.45, 2.75) is 72.3 Å². The number of likely N-dealkylation sites (tertiary alicyclic amines) is 1. The van der Waals surface area contributed by atoms with E-state index >= 15 is 0 Å². The van der Waals surface area contributed by atoms with Crippen LogP contribution in [0.15, 0.2) is 65.8 Å². The molecule has 0 saturated carbocycles. The Morgan fingerprint density at radius 3 is 2.56 bits per heavy atom. The Morgan fingerprint density at radius 1 is 1.08 bits per heavy atom. The predicted molar refractivity (Wildman–Crippen MR) is 159 cm³/mol. The van der Waals surface area contributed by atoms with E-state index in [4.69, 9.17) is 4.74 Å². The van der Waals surface area contributed by atoms with Crippen molar-refractivity contribution in [1.82, 2.24) is 4.90 Å². The van der Waals surface area contributed by atoms with Gasteiger partial charge in [-0.2, -0.15) is 0 Å². The number of hydrogen-bond donors (Lipinski definition) is 1. The van der Waals surface area contributed by atoms with Gasteiger partial charge in [0.05, 0.1) is 6.67 Å². The number of phenols is 1. The predicted octanol–water partition coefficient (Wildman–Crippen LogP) is 8.20. The topological polar surface area (TPSA) is 32.7 Å². The summed E-state index contributed by atoms with van der Waals surface area (Å²) in [6.07, 6.45) is 13.0. The first-order chi connectivity index (χ1) is 18.7. The minimum absolute atomic E-state index is 0.155. The summed E-state index contributed by atoms with van der Waals surface area (Å²) in [7, 11) is 0. The first-order valence-electron chi connectivity index (χ1n) is 14.7. The molecule has 5 rings (SSSR count). The van der Waals surface area contributed by atoms with E-state index < -0.39 is 0 Å². The standard InChI is InChI=1S/C35H44FNO2/c1-24-30-7-5-8-31(25-9-13-27(14-10-25)35(2,3)4)34(32(30)17-18-33(24)38)26-11-15-28(16-12-26)39-29-19-22-37(23-29)21-6-20-36/h9-13,15-18,27,29,38H,5-8,14,19-23H2,1-4H3/t27?,29-/m0/s1. The minimum Gasteiger partial charge on any atom is -0.508 e. The molecule has 2 aromatic carbocycles. The van der Waals surface area contributed by atoms with E-state index in [1.165, 1.54) is 33.4 Å². The Balaban J connectivity index is 1.47. The van der Waals surface area contributed by atoms with Crippen molar-refractivity contribution in [3.63, 3.8) is 0 Å². The summed E-state index contributed by atoms with van der Waals surface area (Å²) in [6, 6.07) is 12.6. The van der Waals surface area contributed by atoms with Gasteiger partial charge in [-0.1, -0.05) is 57.2 Å². The molecule has 1 saturated heterocycles. The van der Waals surface area contributed by atoms with Gasteiger partial charge >= 0.3 is 0 Å².